The van der Waals surface area contributed by atoms with Gasteiger partial charge in [-0.05, 0) is 38.3 Å². The molecule has 0 saturated carbocycles. The van der Waals surface area contributed by atoms with Crippen LogP contribution in [0.5, 0.6) is 0 Å². The van der Waals surface area contributed by atoms with Crippen LogP contribution in [0.25, 0.3) is 0 Å². The lowest BCUT2D eigenvalue weighted by Crippen LogP contribution is -2.38. The molecule has 1 rings (SSSR count). The van der Waals surface area contributed by atoms with Gasteiger partial charge in [0.25, 0.3) is 0 Å². The van der Waals surface area contributed by atoms with Gasteiger partial charge in [-0.3, -0.25) is 4.79 Å². The van der Waals surface area contributed by atoms with E-state index in [9.17, 15) is 9.90 Å². The van der Waals surface area contributed by atoms with Crippen LogP contribution in [0.3, 0.4) is 0 Å². The summed E-state index contributed by atoms with van der Waals surface area (Å²) in [6, 6.07) is 0. The van der Waals surface area contributed by atoms with E-state index in [2.05, 4.69) is 0 Å². The summed E-state index contributed by atoms with van der Waals surface area (Å²) in [5.41, 5.74) is -0.120. The van der Waals surface area contributed by atoms with E-state index in [0.717, 1.165) is 5.57 Å². The summed E-state index contributed by atoms with van der Waals surface area (Å²) in [6.45, 7) is 3.33. The van der Waals surface area contributed by atoms with Gasteiger partial charge in [0.15, 0.2) is 12.1 Å². The minimum Gasteiger partial charge on any atom is -0.390 e. The number of carbonyl (C=O) groups is 1. The van der Waals surface area contributed by atoms with Crippen molar-refractivity contribution < 1.29 is 19.4 Å². The van der Waals surface area contributed by atoms with E-state index in [1.165, 1.54) is 0 Å². The van der Waals surface area contributed by atoms with Crippen molar-refractivity contribution in [2.75, 3.05) is 14.2 Å². The zero-order valence-corrected chi connectivity index (χ0v) is 10.3. The van der Waals surface area contributed by atoms with Gasteiger partial charge < -0.3 is 14.6 Å². The fraction of sp³-hybridized carbons (Fsp3) is 0.750. The van der Waals surface area contributed by atoms with Crippen LogP contribution < -0.4 is 0 Å². The first-order chi connectivity index (χ1) is 7.40. The summed E-state index contributed by atoms with van der Waals surface area (Å²) in [5, 5.41) is 9.84. The molecular formula is C12H20O4. The second-order valence-electron chi connectivity index (χ2n) is 4.67. The van der Waals surface area contributed by atoms with E-state index in [1.807, 2.05) is 0 Å². The number of methoxy groups -OCH3 is 2. The maximum atomic E-state index is 11.8. The van der Waals surface area contributed by atoms with Crippen LogP contribution in [0.15, 0.2) is 11.6 Å². The summed E-state index contributed by atoms with van der Waals surface area (Å²) in [7, 11) is 3.09. The molecule has 0 fully saturated rings. The van der Waals surface area contributed by atoms with Crippen LogP contribution in [0.1, 0.15) is 26.7 Å². The Morgan fingerprint density at radius 3 is 2.38 bits per heavy atom. The molecule has 0 saturated heterocycles. The quantitative estimate of drug-likeness (QED) is 0.736. The van der Waals surface area contributed by atoms with Gasteiger partial charge in [-0.15, -0.1) is 0 Å². The summed E-state index contributed by atoms with van der Waals surface area (Å²) >= 11 is 0. The lowest BCUT2D eigenvalue weighted by atomic mass is 9.78. The molecule has 1 unspecified atom stereocenters. The number of ketones is 1. The molecule has 0 aromatic carbocycles. The lowest BCUT2D eigenvalue weighted by molar-refractivity contribution is -0.128. The Kier molecular flexibility index (Phi) is 4.24. The van der Waals surface area contributed by atoms with Gasteiger partial charge in [0.05, 0.1) is 11.5 Å². The van der Waals surface area contributed by atoms with E-state index in [-0.39, 0.29) is 11.7 Å². The highest BCUT2D eigenvalue weighted by Gasteiger charge is 2.35. The topological polar surface area (TPSA) is 55.8 Å². The number of carbonyl (C=O) groups excluding carboxylic acids is 1. The molecule has 4 heteroatoms. The number of aliphatic hydroxyl groups is 1. The normalized spacial score (nSPS) is 22.5. The first-order valence-corrected chi connectivity index (χ1v) is 5.42. The number of hydrogen-bond acceptors (Lipinski definition) is 4. The van der Waals surface area contributed by atoms with E-state index in [1.54, 1.807) is 34.1 Å². The molecule has 16 heavy (non-hydrogen) atoms. The molecule has 1 aliphatic rings. The summed E-state index contributed by atoms with van der Waals surface area (Å²) in [4.78, 5) is 11.8. The van der Waals surface area contributed by atoms with Gasteiger partial charge in [0.2, 0.25) is 0 Å². The van der Waals surface area contributed by atoms with Crippen molar-refractivity contribution in [3.8, 4) is 0 Å². The standard InChI is InChI=1S/C12H20O4/c1-12(2,14)9-6-5-8(7-10(9)13)11(15-3)16-4/h7,9,11,14H,5-6H2,1-4H3. The summed E-state index contributed by atoms with van der Waals surface area (Å²) < 4.78 is 10.2. The molecule has 0 aromatic rings. The monoisotopic (exact) mass is 228 g/mol. The molecule has 0 heterocycles. The van der Waals surface area contributed by atoms with Crippen LogP contribution in [-0.4, -0.2) is 37.0 Å². The molecule has 1 atom stereocenters. The molecular weight excluding hydrogens is 208 g/mol. The largest absolute Gasteiger partial charge is 0.390 e. The van der Waals surface area contributed by atoms with Crippen molar-refractivity contribution in [3.63, 3.8) is 0 Å². The molecule has 0 radical (unpaired) electrons. The van der Waals surface area contributed by atoms with Crippen LogP contribution in [-0.2, 0) is 14.3 Å². The van der Waals surface area contributed by atoms with Gasteiger partial charge >= 0.3 is 0 Å². The SMILES string of the molecule is COC(OC)C1=CC(=O)C(C(C)(C)O)CC1. The highest BCUT2D eigenvalue weighted by molar-refractivity contribution is 5.94. The Bertz CT molecular complexity index is 284. The Morgan fingerprint density at radius 1 is 1.44 bits per heavy atom. The molecule has 0 bridgehead atoms. The Labute approximate surface area is 96.2 Å². The lowest BCUT2D eigenvalue weighted by Gasteiger charge is -2.31. The van der Waals surface area contributed by atoms with Crippen LogP contribution >= 0.6 is 0 Å². The predicted molar refractivity (Wildman–Crippen MR) is 59.9 cm³/mol. The van der Waals surface area contributed by atoms with E-state index < -0.39 is 11.9 Å². The molecule has 0 amide bonds. The Hall–Kier alpha value is -0.710. The van der Waals surface area contributed by atoms with Crippen LogP contribution in [0, 0.1) is 5.92 Å². The highest BCUT2D eigenvalue weighted by atomic mass is 16.7. The van der Waals surface area contributed by atoms with Crippen molar-refractivity contribution in [3.05, 3.63) is 11.6 Å². The average Bonchev–Trinajstić information content (AvgIpc) is 2.17. The number of ether oxygens (including phenoxy) is 2. The molecule has 1 aliphatic carbocycles. The molecule has 92 valence electrons. The van der Waals surface area contributed by atoms with Gasteiger partial charge in [0.1, 0.15) is 0 Å². The maximum Gasteiger partial charge on any atom is 0.179 e. The highest BCUT2D eigenvalue weighted by Crippen LogP contribution is 2.31. The fourth-order valence-corrected chi connectivity index (χ4v) is 2.09. The van der Waals surface area contributed by atoms with E-state index in [4.69, 9.17) is 9.47 Å². The van der Waals surface area contributed by atoms with Gasteiger partial charge in [-0.2, -0.15) is 0 Å². The van der Waals surface area contributed by atoms with Gasteiger partial charge in [0, 0.05) is 14.2 Å². The molecule has 1 N–H and O–H groups in total. The van der Waals surface area contributed by atoms with E-state index in [0.29, 0.717) is 12.8 Å². The van der Waals surface area contributed by atoms with Crippen molar-refractivity contribution in [2.45, 2.75) is 38.6 Å². The maximum absolute atomic E-state index is 11.8. The van der Waals surface area contributed by atoms with Gasteiger partial charge in [-0.1, -0.05) is 0 Å². The van der Waals surface area contributed by atoms with Gasteiger partial charge in [-0.25, -0.2) is 0 Å². The molecule has 0 spiro atoms. The van der Waals surface area contributed by atoms with Crippen molar-refractivity contribution in [1.82, 2.24) is 0 Å². The van der Waals surface area contributed by atoms with Crippen molar-refractivity contribution in [2.24, 2.45) is 5.92 Å². The van der Waals surface area contributed by atoms with Crippen LogP contribution in [0.2, 0.25) is 0 Å². The smallest absolute Gasteiger partial charge is 0.179 e. The zero-order valence-electron chi connectivity index (χ0n) is 10.3. The third-order valence-electron chi connectivity index (χ3n) is 2.98. The summed E-state index contributed by atoms with van der Waals surface area (Å²) in [6.07, 6.45) is 2.44. The summed E-state index contributed by atoms with van der Waals surface area (Å²) in [5.74, 6) is -0.376. The fourth-order valence-electron chi connectivity index (χ4n) is 2.09. The predicted octanol–water partition coefficient (Wildman–Crippen LogP) is 1.28. The Balaban J connectivity index is 2.80. The molecule has 0 aliphatic heterocycles. The second-order valence-corrected chi connectivity index (χ2v) is 4.67. The molecule has 0 aromatic heterocycles. The number of rotatable bonds is 4. The Morgan fingerprint density at radius 2 is 2.00 bits per heavy atom. The number of allylic oxidation sites excluding steroid dienone is 1. The van der Waals surface area contributed by atoms with Crippen molar-refractivity contribution >= 4 is 5.78 Å². The first kappa shape index (κ1) is 13.4. The minimum absolute atomic E-state index is 0.0483. The first-order valence-electron chi connectivity index (χ1n) is 5.42. The zero-order chi connectivity index (χ0) is 12.3. The molecule has 4 nitrogen and oxygen atoms in total. The van der Waals surface area contributed by atoms with E-state index >= 15 is 0 Å². The van der Waals surface area contributed by atoms with Crippen molar-refractivity contribution in [1.29, 1.82) is 0 Å². The van der Waals surface area contributed by atoms with Crippen LogP contribution in [0.4, 0.5) is 0 Å². The third kappa shape index (κ3) is 2.90. The third-order valence-corrected chi connectivity index (χ3v) is 2.98. The average molecular weight is 228 g/mol. The second kappa shape index (κ2) is 5.08. The minimum atomic E-state index is -0.964. The number of hydrogen-bond donors (Lipinski definition) is 1.